The standard InChI is InChI=1S/C19H20N2O/c1-19(2,3)21-18(22)16-14-11-7-8-12-15(14)20-17(16)13-9-5-4-6-10-13/h4-12,20H,1-3H3,(H,21,22). The lowest BCUT2D eigenvalue weighted by Crippen LogP contribution is -2.40. The lowest BCUT2D eigenvalue weighted by Gasteiger charge is -2.20. The van der Waals surface area contributed by atoms with Crippen LogP contribution in [0.3, 0.4) is 0 Å². The highest BCUT2D eigenvalue weighted by Crippen LogP contribution is 2.30. The second kappa shape index (κ2) is 5.34. The zero-order valence-corrected chi connectivity index (χ0v) is 13.1. The van der Waals surface area contributed by atoms with E-state index in [4.69, 9.17) is 0 Å². The molecule has 0 saturated heterocycles. The van der Waals surface area contributed by atoms with E-state index < -0.39 is 0 Å². The smallest absolute Gasteiger partial charge is 0.254 e. The minimum Gasteiger partial charge on any atom is -0.354 e. The number of benzene rings is 2. The molecule has 3 rings (SSSR count). The molecule has 112 valence electrons. The molecule has 1 heterocycles. The van der Waals surface area contributed by atoms with E-state index in [-0.39, 0.29) is 11.4 Å². The molecule has 1 amide bonds. The molecule has 0 aliphatic rings. The molecule has 0 fully saturated rings. The summed E-state index contributed by atoms with van der Waals surface area (Å²) in [6.45, 7) is 5.96. The van der Waals surface area contributed by atoms with Crippen LogP contribution in [0.15, 0.2) is 54.6 Å². The number of carbonyl (C=O) groups is 1. The maximum atomic E-state index is 12.8. The van der Waals surface area contributed by atoms with Gasteiger partial charge in [0.05, 0.1) is 11.3 Å². The van der Waals surface area contributed by atoms with E-state index in [1.54, 1.807) is 0 Å². The van der Waals surface area contributed by atoms with Crippen LogP contribution >= 0.6 is 0 Å². The molecule has 0 bridgehead atoms. The van der Waals surface area contributed by atoms with Gasteiger partial charge in [0.2, 0.25) is 0 Å². The van der Waals surface area contributed by atoms with Crippen molar-refractivity contribution in [1.29, 1.82) is 0 Å². The molecular weight excluding hydrogens is 272 g/mol. The average molecular weight is 292 g/mol. The van der Waals surface area contributed by atoms with Gasteiger partial charge in [-0.2, -0.15) is 0 Å². The van der Waals surface area contributed by atoms with Gasteiger partial charge in [0.1, 0.15) is 0 Å². The molecule has 0 aliphatic heterocycles. The van der Waals surface area contributed by atoms with E-state index in [0.29, 0.717) is 5.56 Å². The number of hydrogen-bond acceptors (Lipinski definition) is 1. The van der Waals surface area contributed by atoms with Gasteiger partial charge in [-0.3, -0.25) is 4.79 Å². The third-order valence-electron chi connectivity index (χ3n) is 3.48. The minimum absolute atomic E-state index is 0.0520. The average Bonchev–Trinajstić information content (AvgIpc) is 2.86. The molecule has 0 unspecified atom stereocenters. The van der Waals surface area contributed by atoms with Gasteiger partial charge in [-0.15, -0.1) is 0 Å². The van der Waals surface area contributed by atoms with Crippen molar-refractivity contribution in [3.05, 3.63) is 60.2 Å². The molecule has 3 aromatic rings. The van der Waals surface area contributed by atoms with Crippen LogP contribution < -0.4 is 5.32 Å². The van der Waals surface area contributed by atoms with E-state index in [1.807, 2.05) is 75.4 Å². The van der Waals surface area contributed by atoms with Crippen molar-refractivity contribution in [2.24, 2.45) is 0 Å². The van der Waals surface area contributed by atoms with Gasteiger partial charge >= 0.3 is 0 Å². The second-order valence-corrected chi connectivity index (χ2v) is 6.49. The Balaban J connectivity index is 2.20. The Morgan fingerprint density at radius 2 is 1.59 bits per heavy atom. The summed E-state index contributed by atoms with van der Waals surface area (Å²) in [4.78, 5) is 16.2. The van der Waals surface area contributed by atoms with Crippen LogP contribution in [0.25, 0.3) is 22.2 Å². The predicted molar refractivity (Wildman–Crippen MR) is 91.0 cm³/mol. The molecule has 0 radical (unpaired) electrons. The Bertz CT molecular complexity index is 810. The molecular formula is C19H20N2O. The van der Waals surface area contributed by atoms with Crippen LogP contribution in [-0.4, -0.2) is 16.4 Å². The Hall–Kier alpha value is -2.55. The normalized spacial score (nSPS) is 11.6. The highest BCUT2D eigenvalue weighted by atomic mass is 16.1. The highest BCUT2D eigenvalue weighted by molar-refractivity contribution is 6.12. The summed E-state index contributed by atoms with van der Waals surface area (Å²) in [6.07, 6.45) is 0. The monoisotopic (exact) mass is 292 g/mol. The maximum Gasteiger partial charge on any atom is 0.254 e. The van der Waals surface area contributed by atoms with Crippen molar-refractivity contribution in [2.45, 2.75) is 26.3 Å². The van der Waals surface area contributed by atoms with E-state index in [0.717, 1.165) is 22.2 Å². The van der Waals surface area contributed by atoms with Crippen LogP contribution in [0.5, 0.6) is 0 Å². The number of hydrogen-bond donors (Lipinski definition) is 2. The van der Waals surface area contributed by atoms with Gasteiger partial charge in [0.25, 0.3) is 5.91 Å². The van der Waals surface area contributed by atoms with Gasteiger partial charge < -0.3 is 10.3 Å². The molecule has 1 aromatic heterocycles. The number of fused-ring (bicyclic) bond motifs is 1. The molecule has 0 spiro atoms. The number of amides is 1. The third-order valence-corrected chi connectivity index (χ3v) is 3.48. The Morgan fingerprint density at radius 1 is 0.955 bits per heavy atom. The molecule has 3 heteroatoms. The van der Waals surface area contributed by atoms with Crippen LogP contribution in [0.2, 0.25) is 0 Å². The summed E-state index contributed by atoms with van der Waals surface area (Å²) < 4.78 is 0. The second-order valence-electron chi connectivity index (χ2n) is 6.49. The number of rotatable bonds is 2. The summed E-state index contributed by atoms with van der Waals surface area (Å²) in [5.74, 6) is -0.0520. The summed E-state index contributed by atoms with van der Waals surface area (Å²) in [5, 5.41) is 4.01. The number of nitrogens with one attached hydrogen (secondary N) is 2. The van der Waals surface area contributed by atoms with Crippen molar-refractivity contribution in [1.82, 2.24) is 10.3 Å². The van der Waals surface area contributed by atoms with E-state index >= 15 is 0 Å². The first-order valence-corrected chi connectivity index (χ1v) is 7.44. The van der Waals surface area contributed by atoms with Crippen LogP contribution in [0.1, 0.15) is 31.1 Å². The number of para-hydroxylation sites is 1. The van der Waals surface area contributed by atoms with Crippen LogP contribution in [0.4, 0.5) is 0 Å². The minimum atomic E-state index is -0.274. The molecule has 2 aromatic carbocycles. The van der Waals surface area contributed by atoms with Crippen LogP contribution in [0, 0.1) is 0 Å². The first-order valence-electron chi connectivity index (χ1n) is 7.44. The van der Waals surface area contributed by atoms with Gasteiger partial charge in [-0.1, -0.05) is 48.5 Å². The zero-order chi connectivity index (χ0) is 15.7. The molecule has 0 saturated carbocycles. The number of carbonyl (C=O) groups excluding carboxylic acids is 1. The largest absolute Gasteiger partial charge is 0.354 e. The fourth-order valence-electron chi connectivity index (χ4n) is 2.60. The maximum absolute atomic E-state index is 12.8. The third kappa shape index (κ3) is 2.75. The number of H-pyrrole nitrogens is 1. The van der Waals surface area contributed by atoms with Crippen LogP contribution in [-0.2, 0) is 0 Å². The number of aromatic amines is 1. The van der Waals surface area contributed by atoms with E-state index in [1.165, 1.54) is 0 Å². The van der Waals surface area contributed by atoms with Crippen molar-refractivity contribution in [3.8, 4) is 11.3 Å². The van der Waals surface area contributed by atoms with E-state index in [9.17, 15) is 4.79 Å². The highest BCUT2D eigenvalue weighted by Gasteiger charge is 2.22. The first-order chi connectivity index (χ1) is 10.5. The summed E-state index contributed by atoms with van der Waals surface area (Å²) in [6, 6.07) is 17.9. The topological polar surface area (TPSA) is 44.9 Å². The van der Waals surface area contributed by atoms with Gasteiger partial charge in [-0.25, -0.2) is 0 Å². The van der Waals surface area contributed by atoms with E-state index in [2.05, 4.69) is 10.3 Å². The van der Waals surface area contributed by atoms with Gasteiger partial charge in [0, 0.05) is 16.4 Å². The summed E-state index contributed by atoms with van der Waals surface area (Å²) in [5.41, 5.74) is 3.28. The Kier molecular flexibility index (Phi) is 3.49. The molecule has 3 nitrogen and oxygen atoms in total. The zero-order valence-electron chi connectivity index (χ0n) is 13.1. The SMILES string of the molecule is CC(C)(C)NC(=O)c1c(-c2ccccc2)[nH]c2ccccc12. The van der Waals surface area contributed by atoms with Crippen molar-refractivity contribution >= 4 is 16.8 Å². The lowest BCUT2D eigenvalue weighted by molar-refractivity contribution is 0.0922. The van der Waals surface area contributed by atoms with Crippen molar-refractivity contribution < 1.29 is 4.79 Å². The molecule has 2 N–H and O–H groups in total. The Labute approximate surface area is 130 Å². The van der Waals surface area contributed by atoms with Crippen molar-refractivity contribution in [2.75, 3.05) is 0 Å². The Morgan fingerprint density at radius 3 is 2.27 bits per heavy atom. The summed E-state index contributed by atoms with van der Waals surface area (Å²) >= 11 is 0. The molecule has 0 aliphatic carbocycles. The first kappa shape index (κ1) is 14.4. The van der Waals surface area contributed by atoms with Gasteiger partial charge in [0.15, 0.2) is 0 Å². The molecule has 0 atom stereocenters. The fourth-order valence-corrected chi connectivity index (χ4v) is 2.60. The number of aromatic nitrogens is 1. The van der Waals surface area contributed by atoms with Gasteiger partial charge in [-0.05, 0) is 32.4 Å². The lowest BCUT2D eigenvalue weighted by atomic mass is 10.0. The van der Waals surface area contributed by atoms with Crippen molar-refractivity contribution in [3.63, 3.8) is 0 Å². The quantitative estimate of drug-likeness (QED) is 0.724. The fraction of sp³-hybridized carbons (Fsp3) is 0.211. The summed E-state index contributed by atoms with van der Waals surface area (Å²) in [7, 11) is 0. The predicted octanol–water partition coefficient (Wildman–Crippen LogP) is 4.36. The molecule has 22 heavy (non-hydrogen) atoms.